The first-order valence-electron chi connectivity index (χ1n) is 5.28. The maximum atomic E-state index is 5.42. The minimum absolute atomic E-state index is 0.684. The fraction of sp³-hybridized carbons (Fsp3) is 0.333. The minimum Gasteiger partial charge on any atom is -0.359 e. The van der Waals surface area contributed by atoms with E-state index in [0.29, 0.717) is 6.54 Å². The normalized spacial score (nSPS) is 11.1. The molecule has 0 spiro atoms. The summed E-state index contributed by atoms with van der Waals surface area (Å²) in [6, 6.07) is 8.65. The molecule has 80 valence electrons. The number of hydrogen-bond donors (Lipinski definition) is 3. The molecule has 0 aliphatic heterocycles. The molecule has 1 aromatic carbocycles. The van der Waals surface area contributed by atoms with Gasteiger partial charge in [0, 0.05) is 30.8 Å². The van der Waals surface area contributed by atoms with Crippen molar-refractivity contribution in [3.63, 3.8) is 0 Å². The number of H-pyrrole nitrogens is 1. The van der Waals surface area contributed by atoms with E-state index in [1.807, 2.05) is 0 Å². The Morgan fingerprint density at radius 3 is 3.00 bits per heavy atom. The van der Waals surface area contributed by atoms with Crippen molar-refractivity contribution in [3.8, 4) is 0 Å². The van der Waals surface area contributed by atoms with E-state index in [2.05, 4.69) is 41.5 Å². The molecule has 0 atom stereocenters. The number of hydrogen-bond acceptors (Lipinski definition) is 2. The lowest BCUT2D eigenvalue weighted by atomic mass is 10.1. The highest BCUT2D eigenvalue weighted by atomic mass is 14.9. The zero-order valence-electron chi connectivity index (χ0n) is 9.01. The average molecular weight is 203 g/mol. The second-order valence-corrected chi connectivity index (χ2v) is 3.84. The Labute approximate surface area is 89.7 Å². The molecule has 4 N–H and O–H groups in total. The summed E-state index contributed by atoms with van der Waals surface area (Å²) in [6.07, 6.45) is 0. The summed E-state index contributed by atoms with van der Waals surface area (Å²) in [5.74, 6) is 0. The number of rotatable bonds is 4. The first-order chi connectivity index (χ1) is 7.29. The standard InChI is InChI=1S/C12H17N3/c1-9-6-11-3-2-10(7-12(11)15-9)8-14-5-4-13/h2-3,6-7,14-15H,4-5,8,13H2,1H3. The Hall–Kier alpha value is -1.32. The van der Waals surface area contributed by atoms with Gasteiger partial charge in [-0.25, -0.2) is 0 Å². The fourth-order valence-corrected chi connectivity index (χ4v) is 1.76. The predicted octanol–water partition coefficient (Wildman–Crippen LogP) is 1.52. The van der Waals surface area contributed by atoms with E-state index in [9.17, 15) is 0 Å². The molecule has 0 aliphatic rings. The second kappa shape index (κ2) is 4.47. The number of aromatic amines is 1. The Kier molecular flexibility index (Phi) is 3.04. The van der Waals surface area contributed by atoms with Crippen molar-refractivity contribution in [2.45, 2.75) is 13.5 Å². The van der Waals surface area contributed by atoms with Gasteiger partial charge in [0.05, 0.1) is 0 Å². The molecule has 0 saturated heterocycles. The molecule has 0 unspecified atom stereocenters. The molecule has 0 fully saturated rings. The Morgan fingerprint density at radius 2 is 2.20 bits per heavy atom. The molecular formula is C12H17N3. The van der Waals surface area contributed by atoms with Crippen LogP contribution in [0.2, 0.25) is 0 Å². The molecule has 2 rings (SSSR count). The van der Waals surface area contributed by atoms with Crippen LogP contribution in [0.4, 0.5) is 0 Å². The van der Waals surface area contributed by atoms with Crippen molar-refractivity contribution in [2.75, 3.05) is 13.1 Å². The molecule has 2 aromatic rings. The van der Waals surface area contributed by atoms with Gasteiger partial charge in [0.25, 0.3) is 0 Å². The third-order valence-electron chi connectivity index (χ3n) is 2.47. The molecule has 15 heavy (non-hydrogen) atoms. The monoisotopic (exact) mass is 203 g/mol. The summed E-state index contributed by atoms with van der Waals surface area (Å²) in [7, 11) is 0. The van der Waals surface area contributed by atoms with Gasteiger partial charge >= 0.3 is 0 Å². The molecule has 3 nitrogen and oxygen atoms in total. The topological polar surface area (TPSA) is 53.8 Å². The van der Waals surface area contributed by atoms with E-state index in [1.54, 1.807) is 0 Å². The molecule has 1 heterocycles. The van der Waals surface area contributed by atoms with Gasteiger partial charge in [-0.1, -0.05) is 12.1 Å². The Morgan fingerprint density at radius 1 is 1.33 bits per heavy atom. The van der Waals surface area contributed by atoms with Crippen LogP contribution < -0.4 is 11.1 Å². The van der Waals surface area contributed by atoms with E-state index in [0.717, 1.165) is 13.1 Å². The number of aryl methyl sites for hydroxylation is 1. The summed E-state index contributed by atoms with van der Waals surface area (Å²) in [5, 5.41) is 4.56. The molecule has 0 amide bonds. The molecule has 0 radical (unpaired) electrons. The molecular weight excluding hydrogens is 186 g/mol. The van der Waals surface area contributed by atoms with Gasteiger partial charge in [-0.3, -0.25) is 0 Å². The number of nitrogens with two attached hydrogens (primary N) is 1. The summed E-state index contributed by atoms with van der Waals surface area (Å²) >= 11 is 0. The third kappa shape index (κ3) is 2.37. The van der Waals surface area contributed by atoms with Crippen molar-refractivity contribution in [1.82, 2.24) is 10.3 Å². The van der Waals surface area contributed by atoms with E-state index in [-0.39, 0.29) is 0 Å². The molecule has 0 aliphatic carbocycles. The van der Waals surface area contributed by atoms with Gasteiger partial charge in [0.2, 0.25) is 0 Å². The van der Waals surface area contributed by atoms with Crippen LogP contribution in [0.1, 0.15) is 11.3 Å². The summed E-state index contributed by atoms with van der Waals surface area (Å²) in [6.45, 7) is 4.50. The third-order valence-corrected chi connectivity index (χ3v) is 2.47. The van der Waals surface area contributed by atoms with Crippen molar-refractivity contribution in [1.29, 1.82) is 0 Å². The van der Waals surface area contributed by atoms with Gasteiger partial charge in [0.15, 0.2) is 0 Å². The predicted molar refractivity (Wildman–Crippen MR) is 63.8 cm³/mol. The van der Waals surface area contributed by atoms with Gasteiger partial charge in [0.1, 0.15) is 0 Å². The molecule has 3 heteroatoms. The van der Waals surface area contributed by atoms with Gasteiger partial charge in [-0.05, 0) is 30.0 Å². The highest BCUT2D eigenvalue weighted by Crippen LogP contribution is 2.16. The van der Waals surface area contributed by atoms with Crippen LogP contribution in [-0.2, 0) is 6.54 Å². The summed E-state index contributed by atoms with van der Waals surface area (Å²) in [4.78, 5) is 3.34. The van der Waals surface area contributed by atoms with E-state index in [1.165, 1.54) is 22.2 Å². The lowest BCUT2D eigenvalue weighted by Crippen LogP contribution is -2.21. The lowest BCUT2D eigenvalue weighted by molar-refractivity contribution is 0.695. The lowest BCUT2D eigenvalue weighted by Gasteiger charge is -2.03. The smallest absolute Gasteiger partial charge is 0.0459 e. The van der Waals surface area contributed by atoms with Crippen molar-refractivity contribution in [3.05, 3.63) is 35.5 Å². The van der Waals surface area contributed by atoms with Crippen LogP contribution in [0.3, 0.4) is 0 Å². The van der Waals surface area contributed by atoms with Crippen LogP contribution in [0.5, 0.6) is 0 Å². The average Bonchev–Trinajstić information content (AvgIpc) is 2.57. The maximum Gasteiger partial charge on any atom is 0.0459 e. The largest absolute Gasteiger partial charge is 0.359 e. The van der Waals surface area contributed by atoms with Crippen molar-refractivity contribution >= 4 is 10.9 Å². The van der Waals surface area contributed by atoms with E-state index in [4.69, 9.17) is 5.73 Å². The van der Waals surface area contributed by atoms with Gasteiger partial charge in [-0.15, -0.1) is 0 Å². The summed E-state index contributed by atoms with van der Waals surface area (Å²) in [5.41, 5.74) is 9.12. The van der Waals surface area contributed by atoms with Crippen molar-refractivity contribution in [2.24, 2.45) is 5.73 Å². The number of nitrogens with one attached hydrogen (secondary N) is 2. The highest BCUT2D eigenvalue weighted by molar-refractivity contribution is 5.80. The van der Waals surface area contributed by atoms with Crippen LogP contribution in [0, 0.1) is 6.92 Å². The van der Waals surface area contributed by atoms with Crippen LogP contribution in [-0.4, -0.2) is 18.1 Å². The quantitative estimate of drug-likeness (QED) is 0.660. The number of fused-ring (bicyclic) bond motifs is 1. The Bertz CT molecular complexity index is 445. The van der Waals surface area contributed by atoms with Crippen LogP contribution in [0.15, 0.2) is 24.3 Å². The molecule has 0 bridgehead atoms. The van der Waals surface area contributed by atoms with Crippen LogP contribution in [0.25, 0.3) is 10.9 Å². The van der Waals surface area contributed by atoms with E-state index >= 15 is 0 Å². The van der Waals surface area contributed by atoms with Crippen LogP contribution >= 0.6 is 0 Å². The molecule has 0 saturated carbocycles. The number of aromatic nitrogens is 1. The second-order valence-electron chi connectivity index (χ2n) is 3.84. The number of benzene rings is 1. The van der Waals surface area contributed by atoms with E-state index < -0.39 is 0 Å². The first kappa shape index (κ1) is 10.2. The zero-order chi connectivity index (χ0) is 10.7. The Balaban J connectivity index is 2.15. The SMILES string of the molecule is Cc1cc2ccc(CNCCN)cc2[nH]1. The first-order valence-corrected chi connectivity index (χ1v) is 5.28. The zero-order valence-corrected chi connectivity index (χ0v) is 9.01. The maximum absolute atomic E-state index is 5.42. The van der Waals surface area contributed by atoms with Gasteiger partial charge in [-0.2, -0.15) is 0 Å². The fourth-order valence-electron chi connectivity index (χ4n) is 1.76. The highest BCUT2D eigenvalue weighted by Gasteiger charge is 1.98. The molecule has 1 aromatic heterocycles. The van der Waals surface area contributed by atoms with Crippen molar-refractivity contribution < 1.29 is 0 Å². The van der Waals surface area contributed by atoms with Gasteiger partial charge < -0.3 is 16.0 Å². The minimum atomic E-state index is 0.684. The summed E-state index contributed by atoms with van der Waals surface area (Å²) < 4.78 is 0.